The molecule has 0 aliphatic rings. The Bertz CT molecular complexity index is 584. The molecule has 0 amide bonds. The third-order valence-electron chi connectivity index (χ3n) is 2.60. The maximum absolute atomic E-state index is 11.2. The van der Waals surface area contributed by atoms with Crippen LogP contribution in [-0.4, -0.2) is 18.1 Å². The average Bonchev–Trinajstić information content (AvgIpc) is 2.42. The fraction of sp³-hybridized carbons (Fsp3) is 0.143. The highest BCUT2D eigenvalue weighted by Gasteiger charge is 2.05. The number of aromatic nitrogens is 1. The van der Waals surface area contributed by atoms with E-state index in [1.165, 1.54) is 7.11 Å². The summed E-state index contributed by atoms with van der Waals surface area (Å²) in [6, 6.07) is 11.0. The van der Waals surface area contributed by atoms with Crippen LogP contribution in [0.1, 0.15) is 5.56 Å². The van der Waals surface area contributed by atoms with Crippen molar-refractivity contribution in [3.05, 3.63) is 48.2 Å². The van der Waals surface area contributed by atoms with Crippen LogP contribution in [0.5, 0.6) is 0 Å². The second-order valence-corrected chi connectivity index (χ2v) is 4.02. The Balaban J connectivity index is 2.15. The summed E-state index contributed by atoms with van der Waals surface area (Å²) in [5.74, 6) is 0.326. The summed E-state index contributed by atoms with van der Waals surface area (Å²) in [4.78, 5) is 15.4. The van der Waals surface area contributed by atoms with Gasteiger partial charge in [0, 0.05) is 11.9 Å². The minimum Gasteiger partial charge on any atom is -0.469 e. The van der Waals surface area contributed by atoms with Crippen molar-refractivity contribution in [3.8, 4) is 0 Å². The van der Waals surface area contributed by atoms with Crippen molar-refractivity contribution in [3.63, 3.8) is 0 Å². The molecule has 5 nitrogen and oxygen atoms in total. The highest BCUT2D eigenvalue weighted by molar-refractivity contribution is 5.74. The first-order valence-corrected chi connectivity index (χ1v) is 5.82. The number of esters is 1. The van der Waals surface area contributed by atoms with Crippen molar-refractivity contribution in [1.82, 2.24) is 4.98 Å². The predicted octanol–water partition coefficient (Wildman–Crippen LogP) is 2.12. The summed E-state index contributed by atoms with van der Waals surface area (Å²) in [5.41, 5.74) is 8.07. The van der Waals surface area contributed by atoms with Crippen molar-refractivity contribution in [2.75, 3.05) is 18.2 Å². The number of ether oxygens (including phenoxy) is 1. The van der Waals surface area contributed by atoms with Crippen LogP contribution in [0.15, 0.2) is 42.6 Å². The zero-order valence-electron chi connectivity index (χ0n) is 10.6. The molecule has 0 saturated carbocycles. The molecule has 3 N–H and O–H groups in total. The normalized spacial score (nSPS) is 9.95. The first kappa shape index (κ1) is 12.9. The first-order valence-electron chi connectivity index (χ1n) is 5.82. The third-order valence-corrected chi connectivity index (χ3v) is 2.60. The SMILES string of the molecule is COC(=O)Cc1cccc(Nc2ncccc2N)c1. The molecular weight excluding hydrogens is 242 g/mol. The molecule has 5 heteroatoms. The number of methoxy groups -OCH3 is 1. The summed E-state index contributed by atoms with van der Waals surface area (Å²) < 4.78 is 4.64. The number of carbonyl (C=O) groups excluding carboxylic acids is 1. The molecule has 0 saturated heterocycles. The van der Waals surface area contributed by atoms with E-state index < -0.39 is 0 Å². The number of hydrogen-bond donors (Lipinski definition) is 2. The van der Waals surface area contributed by atoms with E-state index in [1.54, 1.807) is 18.3 Å². The molecule has 2 aromatic rings. The van der Waals surface area contributed by atoms with Gasteiger partial charge >= 0.3 is 5.97 Å². The molecule has 0 fully saturated rings. The largest absolute Gasteiger partial charge is 0.469 e. The van der Waals surface area contributed by atoms with Crippen molar-refractivity contribution in [2.45, 2.75) is 6.42 Å². The second-order valence-electron chi connectivity index (χ2n) is 4.02. The molecule has 2 rings (SSSR count). The van der Waals surface area contributed by atoms with Gasteiger partial charge in [0.1, 0.15) is 0 Å². The van der Waals surface area contributed by atoms with E-state index in [9.17, 15) is 4.79 Å². The molecule has 0 atom stereocenters. The van der Waals surface area contributed by atoms with Crippen LogP contribution >= 0.6 is 0 Å². The van der Waals surface area contributed by atoms with E-state index in [-0.39, 0.29) is 12.4 Å². The molecule has 1 aromatic carbocycles. The number of carbonyl (C=O) groups is 1. The maximum Gasteiger partial charge on any atom is 0.309 e. The fourth-order valence-electron chi connectivity index (χ4n) is 1.66. The Kier molecular flexibility index (Phi) is 3.97. The van der Waals surface area contributed by atoms with Crippen molar-refractivity contribution >= 4 is 23.2 Å². The van der Waals surface area contributed by atoms with Crippen LogP contribution in [0.4, 0.5) is 17.2 Å². The lowest BCUT2D eigenvalue weighted by Gasteiger charge is -2.09. The molecule has 19 heavy (non-hydrogen) atoms. The van der Waals surface area contributed by atoms with Crippen LogP contribution in [0.25, 0.3) is 0 Å². The monoisotopic (exact) mass is 257 g/mol. The molecule has 0 radical (unpaired) electrons. The van der Waals surface area contributed by atoms with E-state index in [4.69, 9.17) is 5.73 Å². The molecule has 0 unspecified atom stereocenters. The van der Waals surface area contributed by atoms with Crippen LogP contribution < -0.4 is 11.1 Å². The highest BCUT2D eigenvalue weighted by Crippen LogP contribution is 2.20. The minimum absolute atomic E-state index is 0.240. The van der Waals surface area contributed by atoms with Crippen molar-refractivity contribution in [2.24, 2.45) is 0 Å². The van der Waals surface area contributed by atoms with Gasteiger partial charge in [0.25, 0.3) is 0 Å². The Morgan fingerprint density at radius 2 is 2.21 bits per heavy atom. The van der Waals surface area contributed by atoms with Gasteiger partial charge in [-0.1, -0.05) is 12.1 Å². The number of rotatable bonds is 4. The van der Waals surface area contributed by atoms with Crippen LogP contribution in [0, 0.1) is 0 Å². The molecular formula is C14H15N3O2. The van der Waals surface area contributed by atoms with Crippen molar-refractivity contribution < 1.29 is 9.53 Å². The second kappa shape index (κ2) is 5.86. The fourth-order valence-corrected chi connectivity index (χ4v) is 1.66. The van der Waals surface area contributed by atoms with Gasteiger partial charge in [0.05, 0.1) is 19.2 Å². The average molecular weight is 257 g/mol. The van der Waals surface area contributed by atoms with Gasteiger partial charge in [-0.15, -0.1) is 0 Å². The van der Waals surface area contributed by atoms with Gasteiger partial charge < -0.3 is 15.8 Å². The van der Waals surface area contributed by atoms with E-state index in [1.807, 2.05) is 24.3 Å². The lowest BCUT2D eigenvalue weighted by molar-refractivity contribution is -0.139. The zero-order chi connectivity index (χ0) is 13.7. The smallest absolute Gasteiger partial charge is 0.309 e. The van der Waals surface area contributed by atoms with Crippen LogP contribution in [-0.2, 0) is 16.0 Å². The third kappa shape index (κ3) is 3.45. The number of nitrogens with two attached hydrogens (primary N) is 1. The first-order chi connectivity index (χ1) is 9.19. The number of benzene rings is 1. The number of anilines is 3. The summed E-state index contributed by atoms with van der Waals surface area (Å²) >= 11 is 0. The van der Waals surface area contributed by atoms with Gasteiger partial charge in [-0.25, -0.2) is 4.98 Å². The Morgan fingerprint density at radius 1 is 1.37 bits per heavy atom. The van der Waals surface area contributed by atoms with Gasteiger partial charge in [0.2, 0.25) is 0 Å². The Hall–Kier alpha value is -2.56. The lowest BCUT2D eigenvalue weighted by Crippen LogP contribution is -2.05. The van der Waals surface area contributed by atoms with E-state index >= 15 is 0 Å². The van der Waals surface area contributed by atoms with Gasteiger partial charge in [-0.2, -0.15) is 0 Å². The van der Waals surface area contributed by atoms with Gasteiger partial charge in [0.15, 0.2) is 5.82 Å². The van der Waals surface area contributed by atoms with Crippen molar-refractivity contribution in [1.29, 1.82) is 0 Å². The number of hydrogen-bond acceptors (Lipinski definition) is 5. The molecule has 1 heterocycles. The van der Waals surface area contributed by atoms with Crippen LogP contribution in [0.2, 0.25) is 0 Å². The number of nitrogens with zero attached hydrogens (tertiary/aromatic N) is 1. The summed E-state index contributed by atoms with van der Waals surface area (Å²) in [7, 11) is 1.37. The lowest BCUT2D eigenvalue weighted by atomic mass is 10.1. The predicted molar refractivity (Wildman–Crippen MR) is 74.1 cm³/mol. The summed E-state index contributed by atoms with van der Waals surface area (Å²) in [6.07, 6.45) is 1.90. The molecule has 98 valence electrons. The van der Waals surface area contributed by atoms with Gasteiger partial charge in [-0.05, 0) is 29.8 Å². The Labute approximate surface area is 111 Å². The minimum atomic E-state index is -0.269. The number of nitrogens with one attached hydrogen (secondary N) is 1. The van der Waals surface area contributed by atoms with Gasteiger partial charge in [-0.3, -0.25) is 4.79 Å². The van der Waals surface area contributed by atoms with E-state index in [0.29, 0.717) is 11.5 Å². The Morgan fingerprint density at radius 3 is 2.95 bits per heavy atom. The summed E-state index contributed by atoms with van der Waals surface area (Å²) in [5, 5.41) is 3.12. The molecule has 0 spiro atoms. The van der Waals surface area contributed by atoms with E-state index in [0.717, 1.165) is 11.3 Å². The van der Waals surface area contributed by atoms with E-state index in [2.05, 4.69) is 15.0 Å². The maximum atomic E-state index is 11.2. The highest BCUT2D eigenvalue weighted by atomic mass is 16.5. The number of pyridine rings is 1. The molecule has 1 aromatic heterocycles. The summed E-state index contributed by atoms with van der Waals surface area (Å²) in [6.45, 7) is 0. The number of nitrogen functional groups attached to an aromatic ring is 1. The quantitative estimate of drug-likeness (QED) is 0.820. The molecule has 0 bridgehead atoms. The molecule has 0 aliphatic heterocycles. The standard InChI is InChI=1S/C14H15N3O2/c1-19-13(18)9-10-4-2-5-11(8-10)17-14-12(15)6-3-7-16-14/h2-8H,9,15H2,1H3,(H,16,17). The molecule has 0 aliphatic carbocycles. The van der Waals surface area contributed by atoms with Crippen LogP contribution in [0.3, 0.4) is 0 Å². The zero-order valence-corrected chi connectivity index (χ0v) is 10.6. The topological polar surface area (TPSA) is 77.2 Å².